The lowest BCUT2D eigenvalue weighted by atomic mass is 10.1. The fourth-order valence-corrected chi connectivity index (χ4v) is 4.30. The Balaban J connectivity index is 1.47. The topological polar surface area (TPSA) is 66.5 Å². The van der Waals surface area contributed by atoms with Crippen LogP contribution in [-0.4, -0.2) is 27.4 Å². The van der Waals surface area contributed by atoms with Gasteiger partial charge < -0.3 is 4.90 Å². The van der Waals surface area contributed by atoms with Crippen LogP contribution in [0.2, 0.25) is 0 Å². The Morgan fingerprint density at radius 1 is 1.00 bits per heavy atom. The van der Waals surface area contributed by atoms with Crippen molar-refractivity contribution in [3.05, 3.63) is 59.7 Å². The van der Waals surface area contributed by atoms with Crippen molar-refractivity contribution in [2.24, 2.45) is 0 Å². The van der Waals surface area contributed by atoms with Gasteiger partial charge in [-0.1, -0.05) is 29.8 Å². The molecule has 1 fully saturated rings. The summed E-state index contributed by atoms with van der Waals surface area (Å²) in [7, 11) is -3.52. The molecule has 0 atom stereocenters. The van der Waals surface area contributed by atoms with Crippen molar-refractivity contribution in [1.29, 1.82) is 0 Å². The lowest BCUT2D eigenvalue weighted by Crippen LogP contribution is -2.26. The number of rotatable bonds is 8. The van der Waals surface area contributed by atoms with E-state index in [1.54, 1.807) is 29.2 Å². The summed E-state index contributed by atoms with van der Waals surface area (Å²) < 4.78 is 27.5. The maximum Gasteiger partial charge on any atom is 0.240 e. The molecule has 0 aliphatic carbocycles. The Kier molecular flexibility index (Phi) is 6.29. The average Bonchev–Trinajstić information content (AvgIpc) is 3.09. The molecule has 6 heteroatoms. The quantitative estimate of drug-likeness (QED) is 0.707. The molecule has 0 unspecified atom stereocenters. The Bertz CT molecular complexity index is 875. The first-order valence-electron chi connectivity index (χ1n) is 9.41. The number of nitrogens with one attached hydrogen (secondary N) is 1. The largest absolute Gasteiger partial charge is 0.312 e. The number of amides is 1. The van der Waals surface area contributed by atoms with Crippen molar-refractivity contribution >= 4 is 21.6 Å². The Labute approximate surface area is 161 Å². The highest BCUT2D eigenvalue weighted by Gasteiger charge is 2.22. The van der Waals surface area contributed by atoms with Crippen molar-refractivity contribution in [2.75, 3.05) is 18.0 Å². The van der Waals surface area contributed by atoms with Crippen molar-refractivity contribution in [3.63, 3.8) is 0 Å². The summed E-state index contributed by atoms with van der Waals surface area (Å²) in [6, 6.07) is 15.0. The summed E-state index contributed by atoms with van der Waals surface area (Å²) >= 11 is 0. The van der Waals surface area contributed by atoms with Crippen LogP contribution < -0.4 is 9.62 Å². The van der Waals surface area contributed by atoms with Gasteiger partial charge in [0.15, 0.2) is 0 Å². The standard InChI is InChI=1S/C21H26N2O3S/c1-17-7-9-18(10-8-17)5-2-3-15-22-27(25,26)20-13-11-19(12-14-20)23-16-4-6-21(23)24/h7-14,22H,2-6,15-16H2,1H3. The molecule has 2 aromatic carbocycles. The highest BCUT2D eigenvalue weighted by atomic mass is 32.2. The summed E-state index contributed by atoms with van der Waals surface area (Å²) in [4.78, 5) is 13.7. The SMILES string of the molecule is Cc1ccc(CCCCNS(=O)(=O)c2ccc(N3CCCC3=O)cc2)cc1. The van der Waals surface area contributed by atoms with Gasteiger partial charge in [0, 0.05) is 25.2 Å². The van der Waals surface area contributed by atoms with E-state index in [2.05, 4.69) is 35.9 Å². The van der Waals surface area contributed by atoms with E-state index in [1.165, 1.54) is 11.1 Å². The Hall–Kier alpha value is -2.18. The van der Waals surface area contributed by atoms with E-state index in [9.17, 15) is 13.2 Å². The molecule has 0 aromatic heterocycles. The number of aryl methyl sites for hydroxylation is 2. The van der Waals surface area contributed by atoms with E-state index in [-0.39, 0.29) is 10.8 Å². The van der Waals surface area contributed by atoms with Gasteiger partial charge in [0.25, 0.3) is 0 Å². The minimum Gasteiger partial charge on any atom is -0.312 e. The molecule has 0 spiro atoms. The predicted molar refractivity (Wildman–Crippen MR) is 107 cm³/mol. The maximum atomic E-state index is 12.4. The zero-order valence-corrected chi connectivity index (χ0v) is 16.5. The van der Waals surface area contributed by atoms with Crippen LogP contribution in [-0.2, 0) is 21.2 Å². The van der Waals surface area contributed by atoms with Crippen LogP contribution in [0.5, 0.6) is 0 Å². The van der Waals surface area contributed by atoms with E-state index in [0.29, 0.717) is 19.5 Å². The minimum atomic E-state index is -3.52. The van der Waals surface area contributed by atoms with Crippen LogP contribution in [0.1, 0.15) is 36.8 Å². The van der Waals surface area contributed by atoms with Gasteiger partial charge in [-0.2, -0.15) is 0 Å². The van der Waals surface area contributed by atoms with E-state index in [4.69, 9.17) is 0 Å². The Morgan fingerprint density at radius 2 is 1.70 bits per heavy atom. The van der Waals surface area contributed by atoms with Gasteiger partial charge in [0.1, 0.15) is 0 Å². The first-order valence-corrected chi connectivity index (χ1v) is 10.9. The fourth-order valence-electron chi connectivity index (χ4n) is 3.23. The van der Waals surface area contributed by atoms with Gasteiger partial charge in [0.05, 0.1) is 4.90 Å². The number of hydrogen-bond donors (Lipinski definition) is 1. The molecule has 27 heavy (non-hydrogen) atoms. The summed E-state index contributed by atoms with van der Waals surface area (Å²) in [6.07, 6.45) is 4.07. The average molecular weight is 387 g/mol. The molecule has 1 amide bonds. The molecular weight excluding hydrogens is 360 g/mol. The van der Waals surface area contributed by atoms with E-state index >= 15 is 0 Å². The maximum absolute atomic E-state index is 12.4. The lowest BCUT2D eigenvalue weighted by molar-refractivity contribution is -0.117. The molecule has 2 aromatic rings. The molecule has 1 aliphatic rings. The zero-order valence-electron chi connectivity index (χ0n) is 15.6. The van der Waals surface area contributed by atoms with Gasteiger partial charge in [-0.25, -0.2) is 13.1 Å². The van der Waals surface area contributed by atoms with Gasteiger partial charge in [-0.05, 0) is 62.4 Å². The summed E-state index contributed by atoms with van der Waals surface area (Å²) in [5.74, 6) is 0.0947. The van der Waals surface area contributed by atoms with Gasteiger partial charge in [0.2, 0.25) is 15.9 Å². The predicted octanol–water partition coefficient (Wildman–Crippen LogP) is 3.42. The van der Waals surface area contributed by atoms with E-state index in [1.807, 2.05) is 0 Å². The second-order valence-electron chi connectivity index (χ2n) is 6.98. The highest BCUT2D eigenvalue weighted by molar-refractivity contribution is 7.89. The summed E-state index contributed by atoms with van der Waals surface area (Å²) in [5.41, 5.74) is 3.27. The number of carbonyl (C=O) groups excluding carboxylic acids is 1. The van der Waals surface area contributed by atoms with Crippen LogP contribution in [0.25, 0.3) is 0 Å². The third-order valence-corrected chi connectivity index (χ3v) is 6.31. The first kappa shape index (κ1) is 19.6. The molecule has 144 valence electrons. The number of benzene rings is 2. The van der Waals surface area contributed by atoms with Gasteiger partial charge in [-0.3, -0.25) is 4.79 Å². The van der Waals surface area contributed by atoms with E-state index < -0.39 is 10.0 Å². The third kappa shape index (κ3) is 5.17. The van der Waals surface area contributed by atoms with Gasteiger partial charge in [-0.15, -0.1) is 0 Å². The number of carbonyl (C=O) groups is 1. The summed E-state index contributed by atoms with van der Waals surface area (Å²) in [5, 5.41) is 0. The molecule has 3 rings (SSSR count). The molecule has 1 N–H and O–H groups in total. The molecule has 5 nitrogen and oxygen atoms in total. The normalized spacial score (nSPS) is 14.7. The smallest absolute Gasteiger partial charge is 0.240 e. The van der Waals surface area contributed by atoms with Crippen molar-refractivity contribution < 1.29 is 13.2 Å². The monoisotopic (exact) mass is 386 g/mol. The lowest BCUT2D eigenvalue weighted by Gasteiger charge is -2.16. The van der Waals surface area contributed by atoms with Crippen molar-refractivity contribution in [2.45, 2.75) is 43.9 Å². The molecule has 1 aliphatic heterocycles. The van der Waals surface area contributed by atoms with Crippen LogP contribution >= 0.6 is 0 Å². The number of hydrogen-bond acceptors (Lipinski definition) is 3. The molecule has 1 saturated heterocycles. The zero-order chi connectivity index (χ0) is 19.3. The number of anilines is 1. The van der Waals surface area contributed by atoms with Crippen LogP contribution in [0, 0.1) is 6.92 Å². The summed E-state index contributed by atoms with van der Waals surface area (Å²) in [6.45, 7) is 3.18. The third-order valence-electron chi connectivity index (χ3n) is 4.84. The molecule has 0 saturated carbocycles. The number of unbranched alkanes of at least 4 members (excludes halogenated alkanes) is 1. The Morgan fingerprint density at radius 3 is 2.33 bits per heavy atom. The molecule has 0 radical (unpaired) electrons. The minimum absolute atomic E-state index is 0.0947. The van der Waals surface area contributed by atoms with Crippen molar-refractivity contribution in [1.82, 2.24) is 4.72 Å². The molecule has 1 heterocycles. The number of sulfonamides is 1. The van der Waals surface area contributed by atoms with Crippen LogP contribution in [0.4, 0.5) is 5.69 Å². The second kappa shape index (κ2) is 8.67. The highest BCUT2D eigenvalue weighted by Crippen LogP contribution is 2.22. The molecule has 0 bridgehead atoms. The number of nitrogens with zero attached hydrogens (tertiary/aromatic N) is 1. The van der Waals surface area contributed by atoms with E-state index in [0.717, 1.165) is 31.4 Å². The van der Waals surface area contributed by atoms with Crippen LogP contribution in [0.3, 0.4) is 0 Å². The van der Waals surface area contributed by atoms with Crippen LogP contribution in [0.15, 0.2) is 53.4 Å². The molecular formula is C21H26N2O3S. The van der Waals surface area contributed by atoms with Gasteiger partial charge >= 0.3 is 0 Å². The fraction of sp³-hybridized carbons (Fsp3) is 0.381. The first-order chi connectivity index (χ1) is 13.0. The second-order valence-corrected chi connectivity index (χ2v) is 8.75. The van der Waals surface area contributed by atoms with Crippen molar-refractivity contribution in [3.8, 4) is 0 Å².